The van der Waals surface area contributed by atoms with Gasteiger partial charge in [-0.05, 0) is 24.6 Å². The molecule has 3 rings (SSSR count). The van der Waals surface area contributed by atoms with Gasteiger partial charge >= 0.3 is 0 Å². The van der Waals surface area contributed by atoms with Gasteiger partial charge in [0.1, 0.15) is 0 Å². The maximum Gasteiger partial charge on any atom is 0.256 e. The first-order chi connectivity index (χ1) is 10.7. The number of carbonyl (C=O) groups is 1. The highest BCUT2D eigenvalue weighted by atomic mass is 16.2. The Kier molecular flexibility index (Phi) is 3.91. The molecule has 2 heterocycles. The molecule has 0 spiro atoms. The molecule has 1 aromatic heterocycles. The Hall–Kier alpha value is -2.63. The van der Waals surface area contributed by atoms with Crippen LogP contribution in [0.4, 0.5) is 11.6 Å². The van der Waals surface area contributed by atoms with Gasteiger partial charge in [-0.15, -0.1) is 0 Å². The van der Waals surface area contributed by atoms with E-state index in [1.54, 1.807) is 24.5 Å². The van der Waals surface area contributed by atoms with Crippen molar-refractivity contribution in [1.29, 1.82) is 0 Å². The van der Waals surface area contributed by atoms with Crippen LogP contribution in [0.15, 0.2) is 36.7 Å². The molecule has 1 aliphatic heterocycles. The topological polar surface area (TPSA) is 75.4 Å². The Morgan fingerprint density at radius 1 is 1.09 bits per heavy atom. The molecular weight excluding hydrogens is 278 g/mol. The number of carbonyl (C=O) groups excluding carboxylic acids is 1. The number of nitrogen functional groups attached to an aromatic ring is 1. The van der Waals surface area contributed by atoms with Gasteiger partial charge in [-0.25, -0.2) is 9.97 Å². The highest BCUT2D eigenvalue weighted by Gasteiger charge is 2.24. The zero-order chi connectivity index (χ0) is 15.5. The van der Waals surface area contributed by atoms with Crippen molar-refractivity contribution in [1.82, 2.24) is 14.9 Å². The minimum absolute atomic E-state index is 0.00479. The van der Waals surface area contributed by atoms with Gasteiger partial charge in [0.15, 0.2) is 0 Å². The van der Waals surface area contributed by atoms with Crippen molar-refractivity contribution < 1.29 is 4.79 Å². The molecular formula is C16H19N5O. The number of anilines is 2. The van der Waals surface area contributed by atoms with Gasteiger partial charge < -0.3 is 15.5 Å². The Balaban J connectivity index is 1.69. The van der Waals surface area contributed by atoms with Crippen LogP contribution < -0.4 is 10.6 Å². The van der Waals surface area contributed by atoms with E-state index in [4.69, 9.17) is 5.73 Å². The predicted octanol–water partition coefficient (Wildman–Crippen LogP) is 1.33. The smallest absolute Gasteiger partial charge is 0.256 e. The largest absolute Gasteiger partial charge is 0.398 e. The van der Waals surface area contributed by atoms with Gasteiger partial charge in [0.25, 0.3) is 5.91 Å². The van der Waals surface area contributed by atoms with Gasteiger partial charge in [0, 0.05) is 44.3 Å². The van der Waals surface area contributed by atoms with Gasteiger partial charge in [-0.1, -0.05) is 12.1 Å². The van der Waals surface area contributed by atoms with E-state index in [1.807, 2.05) is 24.0 Å². The summed E-state index contributed by atoms with van der Waals surface area (Å²) in [6.45, 7) is 4.65. The van der Waals surface area contributed by atoms with E-state index in [-0.39, 0.29) is 5.91 Å². The fourth-order valence-electron chi connectivity index (χ4n) is 2.60. The van der Waals surface area contributed by atoms with E-state index in [0.29, 0.717) is 30.3 Å². The Morgan fingerprint density at radius 3 is 2.45 bits per heavy atom. The van der Waals surface area contributed by atoms with Crippen LogP contribution in [-0.2, 0) is 0 Å². The van der Waals surface area contributed by atoms with Crippen LogP contribution in [0.1, 0.15) is 15.9 Å². The molecule has 1 amide bonds. The summed E-state index contributed by atoms with van der Waals surface area (Å²) in [5.41, 5.74) is 8.12. The SMILES string of the molecule is Cc1cccc(C(=O)N2CCN(c3ncccn3)CC2)c1N. The molecule has 0 aliphatic carbocycles. The summed E-state index contributed by atoms with van der Waals surface area (Å²) >= 11 is 0. The number of para-hydroxylation sites is 1. The van der Waals surface area contributed by atoms with E-state index in [0.717, 1.165) is 18.7 Å². The summed E-state index contributed by atoms with van der Waals surface area (Å²) in [7, 11) is 0. The van der Waals surface area contributed by atoms with Crippen LogP contribution in [0.2, 0.25) is 0 Å². The van der Waals surface area contributed by atoms with E-state index >= 15 is 0 Å². The third-order valence-electron chi connectivity index (χ3n) is 3.96. The number of hydrogen-bond acceptors (Lipinski definition) is 5. The molecule has 1 aliphatic rings. The Labute approximate surface area is 129 Å². The Bertz CT molecular complexity index is 665. The number of hydrogen-bond donors (Lipinski definition) is 1. The van der Waals surface area contributed by atoms with Gasteiger partial charge in [-0.3, -0.25) is 4.79 Å². The van der Waals surface area contributed by atoms with Crippen molar-refractivity contribution in [2.24, 2.45) is 0 Å². The fourth-order valence-corrected chi connectivity index (χ4v) is 2.60. The molecule has 0 saturated carbocycles. The van der Waals surface area contributed by atoms with Crippen molar-refractivity contribution in [2.45, 2.75) is 6.92 Å². The molecule has 6 nitrogen and oxygen atoms in total. The van der Waals surface area contributed by atoms with Crippen LogP contribution in [0.3, 0.4) is 0 Å². The van der Waals surface area contributed by atoms with Crippen LogP contribution in [0.5, 0.6) is 0 Å². The van der Waals surface area contributed by atoms with Crippen LogP contribution >= 0.6 is 0 Å². The summed E-state index contributed by atoms with van der Waals surface area (Å²) < 4.78 is 0. The zero-order valence-electron chi connectivity index (χ0n) is 12.6. The predicted molar refractivity (Wildman–Crippen MR) is 85.7 cm³/mol. The molecule has 2 aromatic rings. The molecule has 0 atom stereocenters. The van der Waals surface area contributed by atoms with Gasteiger partial charge in [-0.2, -0.15) is 0 Å². The lowest BCUT2D eigenvalue weighted by atomic mass is 10.1. The van der Waals surface area contributed by atoms with Crippen molar-refractivity contribution in [3.8, 4) is 0 Å². The minimum atomic E-state index is -0.00479. The quantitative estimate of drug-likeness (QED) is 0.846. The third-order valence-corrected chi connectivity index (χ3v) is 3.96. The molecule has 114 valence electrons. The number of nitrogens with zero attached hydrogens (tertiary/aromatic N) is 4. The number of aryl methyl sites for hydroxylation is 1. The maximum atomic E-state index is 12.6. The number of piperazine rings is 1. The molecule has 6 heteroatoms. The van der Waals surface area contributed by atoms with Gasteiger partial charge in [0.05, 0.1) is 5.56 Å². The molecule has 0 bridgehead atoms. The number of amides is 1. The van der Waals surface area contributed by atoms with E-state index in [2.05, 4.69) is 14.9 Å². The van der Waals surface area contributed by atoms with Crippen molar-refractivity contribution in [2.75, 3.05) is 36.8 Å². The first-order valence-corrected chi connectivity index (χ1v) is 7.33. The minimum Gasteiger partial charge on any atom is -0.398 e. The van der Waals surface area contributed by atoms with E-state index in [9.17, 15) is 4.79 Å². The average Bonchev–Trinajstić information content (AvgIpc) is 2.58. The zero-order valence-corrected chi connectivity index (χ0v) is 12.6. The van der Waals surface area contributed by atoms with Crippen LogP contribution in [-0.4, -0.2) is 47.0 Å². The average molecular weight is 297 g/mol. The second kappa shape index (κ2) is 6.01. The number of benzene rings is 1. The third kappa shape index (κ3) is 2.72. The second-order valence-corrected chi connectivity index (χ2v) is 5.36. The van der Waals surface area contributed by atoms with E-state index < -0.39 is 0 Å². The normalized spacial score (nSPS) is 15.0. The summed E-state index contributed by atoms with van der Waals surface area (Å²) in [5, 5.41) is 0. The highest BCUT2D eigenvalue weighted by Crippen LogP contribution is 2.19. The number of rotatable bonds is 2. The standard InChI is InChI=1S/C16H19N5O/c1-12-4-2-5-13(14(12)17)15(22)20-8-10-21(11-9-20)16-18-6-3-7-19-16/h2-7H,8-11,17H2,1H3. The highest BCUT2D eigenvalue weighted by molar-refractivity contribution is 5.99. The molecule has 1 saturated heterocycles. The van der Waals surface area contributed by atoms with Gasteiger partial charge in [0.2, 0.25) is 5.95 Å². The lowest BCUT2D eigenvalue weighted by molar-refractivity contribution is 0.0747. The van der Waals surface area contributed by atoms with Crippen molar-refractivity contribution >= 4 is 17.5 Å². The molecule has 0 unspecified atom stereocenters. The van der Waals surface area contributed by atoms with Crippen LogP contribution in [0, 0.1) is 6.92 Å². The van der Waals surface area contributed by atoms with Crippen molar-refractivity contribution in [3.05, 3.63) is 47.8 Å². The first-order valence-electron chi connectivity index (χ1n) is 7.33. The lowest BCUT2D eigenvalue weighted by Gasteiger charge is -2.34. The summed E-state index contributed by atoms with van der Waals surface area (Å²) in [4.78, 5) is 25.0. The number of aromatic nitrogens is 2. The van der Waals surface area contributed by atoms with E-state index in [1.165, 1.54) is 0 Å². The Morgan fingerprint density at radius 2 is 1.77 bits per heavy atom. The summed E-state index contributed by atoms with van der Waals surface area (Å²) in [6.07, 6.45) is 3.46. The maximum absolute atomic E-state index is 12.6. The van der Waals surface area contributed by atoms with Crippen molar-refractivity contribution in [3.63, 3.8) is 0 Å². The first kappa shape index (κ1) is 14.3. The molecule has 0 radical (unpaired) electrons. The summed E-state index contributed by atoms with van der Waals surface area (Å²) in [6, 6.07) is 7.37. The lowest BCUT2D eigenvalue weighted by Crippen LogP contribution is -2.49. The molecule has 1 aromatic carbocycles. The molecule has 2 N–H and O–H groups in total. The summed E-state index contributed by atoms with van der Waals surface area (Å²) in [5.74, 6) is 0.708. The second-order valence-electron chi connectivity index (χ2n) is 5.36. The van der Waals surface area contributed by atoms with Crippen LogP contribution in [0.25, 0.3) is 0 Å². The molecule has 1 fully saturated rings. The monoisotopic (exact) mass is 297 g/mol. The molecule has 22 heavy (non-hydrogen) atoms. The number of nitrogens with two attached hydrogens (primary N) is 1. The fraction of sp³-hybridized carbons (Fsp3) is 0.312.